The molecule has 0 saturated carbocycles. The second kappa shape index (κ2) is 5.85. The molecule has 20 heavy (non-hydrogen) atoms. The summed E-state index contributed by atoms with van der Waals surface area (Å²) in [5, 5.41) is 7.41. The Morgan fingerprint density at radius 1 is 1.40 bits per heavy atom. The van der Waals surface area contributed by atoms with E-state index in [-0.39, 0.29) is 5.92 Å². The lowest BCUT2D eigenvalue weighted by Gasteiger charge is -2.13. The number of nitrogens with zero attached hydrogens (tertiary/aromatic N) is 2. The fraction of sp³-hybridized carbons (Fsp3) is 0.429. The molecule has 2 heterocycles. The first-order valence-electron chi connectivity index (χ1n) is 6.55. The highest BCUT2D eigenvalue weighted by molar-refractivity contribution is 7.99. The van der Waals surface area contributed by atoms with E-state index in [1.54, 1.807) is 7.11 Å². The molecule has 3 rings (SSSR count). The molecule has 6 heteroatoms. The summed E-state index contributed by atoms with van der Waals surface area (Å²) in [7, 11) is 3.62. The first-order chi connectivity index (χ1) is 9.81. The number of rotatable bonds is 4. The lowest BCUT2D eigenvalue weighted by atomic mass is 10.0. The average Bonchev–Trinajstić information content (AvgIpc) is 3.15. The maximum atomic E-state index is 5.45. The van der Waals surface area contributed by atoms with E-state index in [1.165, 1.54) is 0 Å². The van der Waals surface area contributed by atoms with Gasteiger partial charge in [0.05, 0.1) is 13.0 Å². The zero-order valence-electron chi connectivity index (χ0n) is 11.5. The minimum Gasteiger partial charge on any atom is -0.497 e. The number of likely N-dealkylation sites (N-methyl/N-ethyl adjacent to an activating group) is 1. The van der Waals surface area contributed by atoms with E-state index in [0.29, 0.717) is 17.8 Å². The van der Waals surface area contributed by atoms with Gasteiger partial charge >= 0.3 is 0 Å². The molecule has 2 unspecified atom stereocenters. The second-order valence-corrected chi connectivity index (χ2v) is 5.80. The van der Waals surface area contributed by atoms with Gasteiger partial charge in [0.15, 0.2) is 0 Å². The molecule has 1 aromatic heterocycles. The molecule has 0 aliphatic carbocycles. The summed E-state index contributed by atoms with van der Waals surface area (Å²) in [5.74, 6) is 4.51. The van der Waals surface area contributed by atoms with Gasteiger partial charge in [0.1, 0.15) is 5.75 Å². The predicted molar refractivity (Wildman–Crippen MR) is 79.2 cm³/mol. The van der Waals surface area contributed by atoms with Crippen LogP contribution in [0, 0.1) is 0 Å². The molecule has 1 aromatic carbocycles. The molecule has 1 N–H and O–H groups in total. The summed E-state index contributed by atoms with van der Waals surface area (Å²) >= 11 is 1.91. The number of ether oxygens (including phenoxy) is 1. The van der Waals surface area contributed by atoms with Crippen LogP contribution in [0.15, 0.2) is 28.8 Å². The normalized spacial score (nSPS) is 22.1. The van der Waals surface area contributed by atoms with E-state index in [1.807, 2.05) is 43.1 Å². The first-order valence-corrected chi connectivity index (χ1v) is 7.70. The van der Waals surface area contributed by atoms with Crippen LogP contribution in [0.25, 0.3) is 11.4 Å². The summed E-state index contributed by atoms with van der Waals surface area (Å²) in [6.07, 6.45) is 0. The van der Waals surface area contributed by atoms with Crippen LogP contribution >= 0.6 is 11.8 Å². The molecule has 0 bridgehead atoms. The Bertz CT molecular complexity index is 587. The second-order valence-electron chi connectivity index (χ2n) is 4.73. The molecule has 1 aliphatic heterocycles. The third-order valence-electron chi connectivity index (χ3n) is 3.54. The number of thioether (sulfide) groups is 1. The fourth-order valence-electron chi connectivity index (χ4n) is 2.35. The summed E-state index contributed by atoms with van der Waals surface area (Å²) in [6.45, 7) is 0. The molecular formula is C14H17N3O2S. The smallest absolute Gasteiger partial charge is 0.232 e. The number of nitrogens with one attached hydrogen (secondary N) is 1. The van der Waals surface area contributed by atoms with Crippen molar-refractivity contribution in [1.29, 1.82) is 0 Å². The molecule has 1 saturated heterocycles. The Balaban J connectivity index is 1.86. The van der Waals surface area contributed by atoms with Crippen LogP contribution in [-0.2, 0) is 0 Å². The third kappa shape index (κ3) is 2.53. The molecule has 0 amide bonds. The van der Waals surface area contributed by atoms with Gasteiger partial charge in [0.2, 0.25) is 11.7 Å². The van der Waals surface area contributed by atoms with Crippen LogP contribution in [0.2, 0.25) is 0 Å². The number of hydrogen-bond donors (Lipinski definition) is 1. The van der Waals surface area contributed by atoms with Crippen LogP contribution in [0.5, 0.6) is 5.75 Å². The number of methoxy groups -OCH3 is 1. The maximum absolute atomic E-state index is 5.45. The molecule has 2 aromatic rings. The van der Waals surface area contributed by atoms with E-state index in [9.17, 15) is 0 Å². The van der Waals surface area contributed by atoms with Crippen LogP contribution < -0.4 is 10.1 Å². The molecule has 0 radical (unpaired) electrons. The molecular weight excluding hydrogens is 274 g/mol. The van der Waals surface area contributed by atoms with Crippen molar-refractivity contribution < 1.29 is 9.26 Å². The molecule has 1 fully saturated rings. The Morgan fingerprint density at radius 3 is 3.10 bits per heavy atom. The summed E-state index contributed by atoms with van der Waals surface area (Å²) in [6, 6.07) is 8.09. The quantitative estimate of drug-likeness (QED) is 0.931. The van der Waals surface area contributed by atoms with Crippen molar-refractivity contribution in [3.63, 3.8) is 0 Å². The van der Waals surface area contributed by atoms with E-state index in [4.69, 9.17) is 9.26 Å². The van der Waals surface area contributed by atoms with Crippen molar-refractivity contribution in [2.24, 2.45) is 0 Å². The molecule has 106 valence electrons. The predicted octanol–water partition coefficient (Wildman–Crippen LogP) is 2.16. The van der Waals surface area contributed by atoms with Gasteiger partial charge in [-0.15, -0.1) is 0 Å². The largest absolute Gasteiger partial charge is 0.497 e. The summed E-state index contributed by atoms with van der Waals surface area (Å²) in [5.41, 5.74) is 0.908. The summed E-state index contributed by atoms with van der Waals surface area (Å²) in [4.78, 5) is 4.55. The van der Waals surface area contributed by atoms with E-state index >= 15 is 0 Å². The van der Waals surface area contributed by atoms with Gasteiger partial charge in [0, 0.05) is 23.1 Å². The molecule has 0 spiro atoms. The lowest BCUT2D eigenvalue weighted by molar-refractivity contribution is 0.344. The zero-order chi connectivity index (χ0) is 13.9. The van der Waals surface area contributed by atoms with Crippen LogP contribution in [0.3, 0.4) is 0 Å². The Kier molecular flexibility index (Phi) is 3.93. The van der Waals surface area contributed by atoms with Gasteiger partial charge < -0.3 is 14.6 Å². The third-order valence-corrected chi connectivity index (χ3v) is 4.73. The van der Waals surface area contributed by atoms with Gasteiger partial charge in [-0.05, 0) is 19.2 Å². The minimum atomic E-state index is 0.289. The van der Waals surface area contributed by atoms with Gasteiger partial charge in [-0.1, -0.05) is 17.3 Å². The van der Waals surface area contributed by atoms with Gasteiger partial charge in [-0.3, -0.25) is 0 Å². The zero-order valence-corrected chi connectivity index (χ0v) is 12.3. The lowest BCUT2D eigenvalue weighted by Crippen LogP contribution is -2.31. The van der Waals surface area contributed by atoms with Crippen LogP contribution in [-0.4, -0.2) is 41.8 Å². The highest BCUT2D eigenvalue weighted by Gasteiger charge is 2.32. The maximum Gasteiger partial charge on any atom is 0.232 e. The number of benzene rings is 1. The summed E-state index contributed by atoms with van der Waals surface area (Å²) < 4.78 is 10.7. The van der Waals surface area contributed by atoms with Gasteiger partial charge in [-0.2, -0.15) is 16.7 Å². The van der Waals surface area contributed by atoms with Gasteiger partial charge in [-0.25, -0.2) is 0 Å². The van der Waals surface area contributed by atoms with Crippen molar-refractivity contribution in [2.75, 3.05) is 25.7 Å². The highest BCUT2D eigenvalue weighted by atomic mass is 32.2. The average molecular weight is 291 g/mol. The van der Waals surface area contributed by atoms with E-state index in [2.05, 4.69) is 15.5 Å². The molecule has 1 aliphatic rings. The minimum absolute atomic E-state index is 0.289. The van der Waals surface area contributed by atoms with Gasteiger partial charge in [0.25, 0.3) is 0 Å². The number of hydrogen-bond acceptors (Lipinski definition) is 6. The number of aromatic nitrogens is 2. The van der Waals surface area contributed by atoms with Crippen molar-refractivity contribution >= 4 is 11.8 Å². The standard InChI is InChI=1S/C14H17N3O2S/c1-15-12-8-20-7-11(12)14-16-13(17-19-14)9-4-3-5-10(6-9)18-2/h3-6,11-12,15H,7-8H2,1-2H3. The van der Waals surface area contributed by atoms with Crippen molar-refractivity contribution in [3.05, 3.63) is 30.2 Å². The van der Waals surface area contributed by atoms with Crippen LogP contribution in [0.4, 0.5) is 0 Å². The Hall–Kier alpha value is -1.53. The first kappa shape index (κ1) is 13.5. The van der Waals surface area contributed by atoms with E-state index in [0.717, 1.165) is 22.8 Å². The Labute approximate surface area is 122 Å². The van der Waals surface area contributed by atoms with E-state index < -0.39 is 0 Å². The van der Waals surface area contributed by atoms with Crippen molar-refractivity contribution in [2.45, 2.75) is 12.0 Å². The molecule has 5 nitrogen and oxygen atoms in total. The van der Waals surface area contributed by atoms with Crippen molar-refractivity contribution in [3.8, 4) is 17.1 Å². The topological polar surface area (TPSA) is 60.2 Å². The monoisotopic (exact) mass is 291 g/mol. The SMILES string of the molecule is CNC1CSCC1c1nc(-c2cccc(OC)c2)no1. The Morgan fingerprint density at radius 2 is 2.30 bits per heavy atom. The van der Waals surface area contributed by atoms with Crippen LogP contribution in [0.1, 0.15) is 11.8 Å². The molecule has 2 atom stereocenters. The fourth-order valence-corrected chi connectivity index (χ4v) is 3.77. The highest BCUT2D eigenvalue weighted by Crippen LogP contribution is 2.33. The van der Waals surface area contributed by atoms with Crippen molar-refractivity contribution in [1.82, 2.24) is 15.5 Å².